The Morgan fingerprint density at radius 3 is 1.52 bits per heavy atom. The second kappa shape index (κ2) is 15.8. The molecule has 11 aromatic carbocycles. The minimum Gasteiger partial charge on any atom is -0.456 e. The first kappa shape index (κ1) is 38.7. The maximum atomic E-state index is 6.48. The molecule has 0 unspecified atom stereocenters. The van der Waals surface area contributed by atoms with Gasteiger partial charge in [-0.1, -0.05) is 212 Å². The van der Waals surface area contributed by atoms with Gasteiger partial charge in [-0.05, 0) is 115 Å². The normalized spacial score (nSPS) is 12.7. The highest BCUT2D eigenvalue weighted by Crippen LogP contribution is 2.60. The summed E-state index contributed by atoms with van der Waals surface area (Å²) in [5.41, 5.74) is 19.6. The fourth-order valence-electron chi connectivity index (χ4n) is 11.0. The lowest BCUT2D eigenvalue weighted by Crippen LogP contribution is -2.28. The van der Waals surface area contributed by atoms with Crippen molar-refractivity contribution in [2.45, 2.75) is 5.41 Å². The largest absolute Gasteiger partial charge is 0.456 e. The lowest BCUT2D eigenvalue weighted by molar-refractivity contribution is 0.487. The van der Waals surface area contributed by atoms with E-state index in [9.17, 15) is 0 Å². The van der Waals surface area contributed by atoms with E-state index in [-0.39, 0.29) is 0 Å². The first-order chi connectivity index (χ1) is 33.2. The van der Waals surface area contributed by atoms with Crippen LogP contribution in [0.25, 0.3) is 66.4 Å². The Labute approximate surface area is 391 Å². The van der Waals surface area contributed by atoms with E-state index in [4.69, 9.17) is 4.74 Å². The van der Waals surface area contributed by atoms with Gasteiger partial charge in [-0.25, -0.2) is 0 Å². The molecule has 13 rings (SSSR count). The van der Waals surface area contributed by atoms with Crippen molar-refractivity contribution in [3.63, 3.8) is 0 Å². The van der Waals surface area contributed by atoms with E-state index in [0.29, 0.717) is 0 Å². The molecule has 2 heteroatoms. The lowest BCUT2D eigenvalue weighted by Gasteiger charge is -2.34. The second-order valence-electron chi connectivity index (χ2n) is 17.5. The summed E-state index contributed by atoms with van der Waals surface area (Å²) in [4.78, 5) is 2.50. The minimum atomic E-state index is -0.542. The predicted molar refractivity (Wildman–Crippen MR) is 278 cm³/mol. The van der Waals surface area contributed by atoms with Gasteiger partial charge >= 0.3 is 0 Å². The number of hydrogen-bond donors (Lipinski definition) is 0. The molecule has 314 valence electrons. The zero-order valence-electron chi connectivity index (χ0n) is 36.7. The van der Waals surface area contributed by atoms with E-state index in [2.05, 4.69) is 260 Å². The molecular formula is C65H43NO. The molecule has 0 atom stereocenters. The Hall–Kier alpha value is -8.72. The summed E-state index contributed by atoms with van der Waals surface area (Å²) in [5, 5.41) is 2.29. The van der Waals surface area contributed by atoms with Gasteiger partial charge in [0.25, 0.3) is 0 Å². The molecule has 0 aromatic heterocycles. The van der Waals surface area contributed by atoms with Crippen LogP contribution in [0.2, 0.25) is 0 Å². The van der Waals surface area contributed by atoms with Crippen LogP contribution in [-0.4, -0.2) is 0 Å². The number of para-hydroxylation sites is 2. The van der Waals surface area contributed by atoms with Gasteiger partial charge in [0.2, 0.25) is 0 Å². The highest BCUT2D eigenvalue weighted by molar-refractivity contribution is 6.08. The second-order valence-corrected chi connectivity index (χ2v) is 17.5. The molecule has 1 heterocycles. The Balaban J connectivity index is 1.04. The fourth-order valence-corrected chi connectivity index (χ4v) is 11.0. The van der Waals surface area contributed by atoms with Crippen molar-refractivity contribution < 1.29 is 4.74 Å². The van der Waals surface area contributed by atoms with E-state index in [1.807, 2.05) is 6.07 Å². The highest BCUT2D eigenvalue weighted by atomic mass is 16.5. The molecule has 11 aromatic rings. The molecule has 0 N–H and O–H groups in total. The minimum absolute atomic E-state index is 0.542. The van der Waals surface area contributed by atoms with Crippen molar-refractivity contribution in [3.8, 4) is 67.1 Å². The van der Waals surface area contributed by atoms with Crippen molar-refractivity contribution >= 4 is 27.8 Å². The average molecular weight is 854 g/mol. The fraction of sp³-hybridized carbons (Fsp3) is 0.0154. The summed E-state index contributed by atoms with van der Waals surface area (Å²) in [5.74, 6) is 1.77. The standard InChI is InChI=1S/C65H43NO/c1-4-18-44(19-5-1)45-34-36-46(37-35-45)47-38-40-52(41-39-47)66(59-30-14-11-25-53(59)49-42-48-20-16-33-62-63(48)56(43-49)54-26-12-15-32-61(54)67-62)60-31-17-29-58-64(60)55-27-10-13-28-57(55)65(58,50-21-6-2-7-22-50)51-23-8-3-9-24-51/h1-43H. The summed E-state index contributed by atoms with van der Waals surface area (Å²) in [6.07, 6.45) is 0. The van der Waals surface area contributed by atoms with Crippen molar-refractivity contribution in [1.82, 2.24) is 0 Å². The third-order valence-electron chi connectivity index (χ3n) is 13.9. The van der Waals surface area contributed by atoms with Gasteiger partial charge in [0.15, 0.2) is 0 Å². The van der Waals surface area contributed by atoms with Crippen LogP contribution < -0.4 is 9.64 Å². The number of fused-ring (bicyclic) bond motifs is 5. The Bertz CT molecular complexity index is 3600. The van der Waals surface area contributed by atoms with E-state index in [1.165, 1.54) is 55.6 Å². The number of benzene rings is 11. The quantitative estimate of drug-likeness (QED) is 0.151. The van der Waals surface area contributed by atoms with Crippen molar-refractivity contribution in [2.24, 2.45) is 0 Å². The Kier molecular flexibility index (Phi) is 9.11. The molecule has 0 saturated carbocycles. The third-order valence-corrected chi connectivity index (χ3v) is 13.9. The molecule has 0 radical (unpaired) electrons. The zero-order chi connectivity index (χ0) is 44.3. The number of hydrogen-bond acceptors (Lipinski definition) is 2. The lowest BCUT2D eigenvalue weighted by atomic mass is 9.68. The summed E-state index contributed by atoms with van der Waals surface area (Å²) >= 11 is 0. The van der Waals surface area contributed by atoms with Gasteiger partial charge in [-0.3, -0.25) is 0 Å². The van der Waals surface area contributed by atoms with Crippen LogP contribution in [0.4, 0.5) is 17.1 Å². The first-order valence-electron chi connectivity index (χ1n) is 23.1. The van der Waals surface area contributed by atoms with Crippen molar-refractivity contribution in [2.75, 3.05) is 4.90 Å². The maximum absolute atomic E-state index is 6.48. The average Bonchev–Trinajstić information content (AvgIpc) is 3.71. The predicted octanol–water partition coefficient (Wildman–Crippen LogP) is 17.4. The van der Waals surface area contributed by atoms with Crippen LogP contribution in [0.3, 0.4) is 0 Å². The Morgan fingerprint density at radius 1 is 0.313 bits per heavy atom. The molecular weight excluding hydrogens is 811 g/mol. The van der Waals surface area contributed by atoms with Crippen LogP contribution >= 0.6 is 0 Å². The van der Waals surface area contributed by atoms with Crippen LogP contribution in [0.5, 0.6) is 11.5 Å². The van der Waals surface area contributed by atoms with Gasteiger partial charge in [0.05, 0.1) is 16.8 Å². The summed E-state index contributed by atoms with van der Waals surface area (Å²) in [7, 11) is 0. The van der Waals surface area contributed by atoms with E-state index in [1.54, 1.807) is 0 Å². The van der Waals surface area contributed by atoms with E-state index in [0.717, 1.165) is 61.6 Å². The summed E-state index contributed by atoms with van der Waals surface area (Å²) in [6, 6.07) is 95.1. The summed E-state index contributed by atoms with van der Waals surface area (Å²) in [6.45, 7) is 0. The van der Waals surface area contributed by atoms with Crippen LogP contribution in [-0.2, 0) is 5.41 Å². The maximum Gasteiger partial charge on any atom is 0.135 e. The number of ether oxygens (including phenoxy) is 1. The Morgan fingerprint density at radius 2 is 0.821 bits per heavy atom. The summed E-state index contributed by atoms with van der Waals surface area (Å²) < 4.78 is 6.48. The van der Waals surface area contributed by atoms with Crippen LogP contribution in [0, 0.1) is 0 Å². The molecule has 0 bridgehead atoms. The molecule has 0 fully saturated rings. The van der Waals surface area contributed by atoms with Gasteiger partial charge in [-0.2, -0.15) is 0 Å². The molecule has 0 saturated heterocycles. The molecule has 1 aliphatic carbocycles. The van der Waals surface area contributed by atoms with Crippen molar-refractivity contribution in [3.05, 3.63) is 283 Å². The van der Waals surface area contributed by atoms with E-state index < -0.39 is 5.41 Å². The topological polar surface area (TPSA) is 12.5 Å². The van der Waals surface area contributed by atoms with Gasteiger partial charge < -0.3 is 9.64 Å². The molecule has 2 aliphatic rings. The van der Waals surface area contributed by atoms with Crippen LogP contribution in [0.15, 0.2) is 261 Å². The molecule has 0 spiro atoms. The SMILES string of the molecule is c1ccc(-c2ccc(-c3ccc(N(c4ccccc4-c4cc5c6c(cccc6c4)Oc4ccccc4-5)c4cccc5c4-c4ccccc4C5(c4ccccc4)c4ccccc4)cc3)cc2)cc1. The molecule has 2 nitrogen and oxygen atoms in total. The molecule has 1 aliphatic heterocycles. The third kappa shape index (κ3) is 6.18. The molecule has 0 amide bonds. The highest BCUT2D eigenvalue weighted by Gasteiger charge is 2.47. The monoisotopic (exact) mass is 853 g/mol. The van der Waals surface area contributed by atoms with Crippen LogP contribution in [0.1, 0.15) is 22.3 Å². The van der Waals surface area contributed by atoms with E-state index >= 15 is 0 Å². The first-order valence-corrected chi connectivity index (χ1v) is 23.1. The van der Waals surface area contributed by atoms with Gasteiger partial charge in [0.1, 0.15) is 11.5 Å². The zero-order valence-corrected chi connectivity index (χ0v) is 36.7. The molecule has 67 heavy (non-hydrogen) atoms. The number of rotatable bonds is 8. The van der Waals surface area contributed by atoms with Gasteiger partial charge in [0, 0.05) is 27.8 Å². The van der Waals surface area contributed by atoms with Gasteiger partial charge in [-0.15, -0.1) is 0 Å². The van der Waals surface area contributed by atoms with Crippen molar-refractivity contribution in [1.29, 1.82) is 0 Å². The number of anilines is 3. The number of nitrogens with zero attached hydrogens (tertiary/aromatic N) is 1. The smallest absolute Gasteiger partial charge is 0.135 e.